The minimum Gasteiger partial charge on any atom is -0.477 e. The number of thiophene rings is 1. The van der Waals surface area contributed by atoms with Gasteiger partial charge >= 0.3 is 5.69 Å². The third-order valence-corrected chi connectivity index (χ3v) is 3.75. The maximum Gasteiger partial charge on any atom is 0.311 e. The predicted molar refractivity (Wildman–Crippen MR) is 88.1 cm³/mol. The van der Waals surface area contributed by atoms with Crippen molar-refractivity contribution in [3.63, 3.8) is 0 Å². The number of nitro groups is 1. The van der Waals surface area contributed by atoms with E-state index in [1.807, 2.05) is 19.1 Å². The van der Waals surface area contributed by atoms with Crippen LogP contribution in [-0.4, -0.2) is 23.7 Å². The highest BCUT2D eigenvalue weighted by molar-refractivity contribution is 7.13. The molecule has 0 unspecified atom stereocenters. The highest BCUT2D eigenvalue weighted by Crippen LogP contribution is 2.27. The van der Waals surface area contributed by atoms with Crippen LogP contribution in [0.25, 0.3) is 0 Å². The lowest BCUT2D eigenvalue weighted by Crippen LogP contribution is -2.24. The second kappa shape index (κ2) is 7.50. The van der Waals surface area contributed by atoms with Crippen LogP contribution >= 0.6 is 11.3 Å². The Hall–Kier alpha value is -2.74. The number of amides is 1. The van der Waals surface area contributed by atoms with E-state index in [0.717, 1.165) is 15.3 Å². The molecular formula is C15H15N3O4S. The molecule has 2 rings (SSSR count). The van der Waals surface area contributed by atoms with E-state index in [-0.39, 0.29) is 18.0 Å². The number of carbonyl (C=O) groups excluding carboxylic acids is 1. The number of hydrogen-bond donors (Lipinski definition) is 1. The van der Waals surface area contributed by atoms with Crippen molar-refractivity contribution in [2.24, 2.45) is 5.10 Å². The SMILES string of the molecule is Cc1ccc(OCC(=O)N/N=C/c2ccc(C)s2)c([N+](=O)[O-])c1. The monoisotopic (exact) mass is 333 g/mol. The van der Waals surface area contributed by atoms with Crippen molar-refractivity contribution in [1.29, 1.82) is 0 Å². The Balaban J connectivity index is 1.89. The summed E-state index contributed by atoms with van der Waals surface area (Å²) in [5.41, 5.74) is 2.88. The van der Waals surface area contributed by atoms with Crippen LogP contribution in [0.4, 0.5) is 5.69 Å². The molecule has 0 fully saturated rings. The number of carbonyl (C=O) groups is 1. The Kier molecular flexibility index (Phi) is 5.42. The molecule has 7 nitrogen and oxygen atoms in total. The molecular weight excluding hydrogens is 318 g/mol. The third-order valence-electron chi connectivity index (χ3n) is 2.81. The molecule has 0 saturated carbocycles. The first kappa shape index (κ1) is 16.6. The van der Waals surface area contributed by atoms with Gasteiger partial charge in [-0.15, -0.1) is 11.3 Å². The van der Waals surface area contributed by atoms with Crippen molar-refractivity contribution in [2.75, 3.05) is 6.61 Å². The molecule has 0 bridgehead atoms. The van der Waals surface area contributed by atoms with Crippen molar-refractivity contribution in [1.82, 2.24) is 5.43 Å². The van der Waals surface area contributed by atoms with E-state index in [9.17, 15) is 14.9 Å². The summed E-state index contributed by atoms with van der Waals surface area (Å²) in [5, 5.41) is 14.8. The van der Waals surface area contributed by atoms with Crippen molar-refractivity contribution < 1.29 is 14.5 Å². The summed E-state index contributed by atoms with van der Waals surface area (Å²) in [4.78, 5) is 24.1. The van der Waals surface area contributed by atoms with E-state index in [2.05, 4.69) is 10.5 Å². The first-order valence-electron chi connectivity index (χ1n) is 6.72. The van der Waals surface area contributed by atoms with E-state index < -0.39 is 10.8 Å². The number of hydrogen-bond acceptors (Lipinski definition) is 6. The van der Waals surface area contributed by atoms with E-state index in [1.54, 1.807) is 24.3 Å². The maximum atomic E-state index is 11.6. The van der Waals surface area contributed by atoms with Crippen LogP contribution in [0.2, 0.25) is 0 Å². The lowest BCUT2D eigenvalue weighted by molar-refractivity contribution is -0.385. The number of ether oxygens (including phenoxy) is 1. The van der Waals surface area contributed by atoms with Gasteiger partial charge in [0.1, 0.15) is 0 Å². The van der Waals surface area contributed by atoms with Crippen LogP contribution in [0.5, 0.6) is 5.75 Å². The van der Waals surface area contributed by atoms with Gasteiger partial charge in [0.05, 0.1) is 11.1 Å². The summed E-state index contributed by atoms with van der Waals surface area (Å²) in [7, 11) is 0. The Bertz CT molecular complexity index is 755. The fourth-order valence-corrected chi connectivity index (χ4v) is 2.51. The van der Waals surface area contributed by atoms with E-state index >= 15 is 0 Å². The van der Waals surface area contributed by atoms with Crippen LogP contribution < -0.4 is 10.2 Å². The predicted octanol–water partition coefficient (Wildman–Crippen LogP) is 2.80. The summed E-state index contributed by atoms with van der Waals surface area (Å²) in [6.07, 6.45) is 1.53. The van der Waals surface area contributed by atoms with Gasteiger partial charge in [-0.25, -0.2) is 5.43 Å². The molecule has 2 aromatic rings. The van der Waals surface area contributed by atoms with Gasteiger partial charge in [-0.2, -0.15) is 5.10 Å². The van der Waals surface area contributed by atoms with Gasteiger partial charge in [0, 0.05) is 15.8 Å². The molecule has 120 valence electrons. The zero-order valence-electron chi connectivity index (χ0n) is 12.6. The van der Waals surface area contributed by atoms with Gasteiger partial charge in [0.15, 0.2) is 12.4 Å². The van der Waals surface area contributed by atoms with Gasteiger partial charge in [0.25, 0.3) is 5.91 Å². The molecule has 1 heterocycles. The van der Waals surface area contributed by atoms with E-state index in [1.165, 1.54) is 18.3 Å². The Morgan fingerprint density at radius 2 is 2.17 bits per heavy atom. The first-order valence-corrected chi connectivity index (χ1v) is 7.53. The summed E-state index contributed by atoms with van der Waals surface area (Å²) in [6, 6.07) is 8.38. The quantitative estimate of drug-likeness (QED) is 0.499. The van der Waals surface area contributed by atoms with Crippen LogP contribution in [0.1, 0.15) is 15.3 Å². The smallest absolute Gasteiger partial charge is 0.311 e. The summed E-state index contributed by atoms with van der Waals surface area (Å²) >= 11 is 1.55. The van der Waals surface area contributed by atoms with Crippen molar-refractivity contribution >= 4 is 29.1 Å². The molecule has 1 aromatic carbocycles. The molecule has 1 N–H and O–H groups in total. The van der Waals surface area contributed by atoms with Gasteiger partial charge < -0.3 is 4.74 Å². The topological polar surface area (TPSA) is 93.8 Å². The minimum absolute atomic E-state index is 0.0496. The Labute approximate surface area is 136 Å². The third kappa shape index (κ3) is 4.89. The number of benzene rings is 1. The maximum absolute atomic E-state index is 11.6. The Morgan fingerprint density at radius 1 is 1.39 bits per heavy atom. The lowest BCUT2D eigenvalue weighted by Gasteiger charge is -2.06. The minimum atomic E-state index is -0.544. The van der Waals surface area contributed by atoms with Gasteiger partial charge in [-0.3, -0.25) is 14.9 Å². The first-order chi connectivity index (χ1) is 11.0. The largest absolute Gasteiger partial charge is 0.477 e. The number of nitrogens with one attached hydrogen (secondary N) is 1. The normalized spacial score (nSPS) is 10.7. The summed E-state index contributed by atoms with van der Waals surface area (Å²) in [5.74, 6) is -0.446. The molecule has 1 amide bonds. The average Bonchev–Trinajstić information content (AvgIpc) is 2.91. The zero-order valence-corrected chi connectivity index (χ0v) is 13.4. The molecule has 8 heteroatoms. The van der Waals surface area contributed by atoms with Crippen LogP contribution in [-0.2, 0) is 4.79 Å². The number of nitrogens with zero attached hydrogens (tertiary/aromatic N) is 2. The highest BCUT2D eigenvalue weighted by Gasteiger charge is 2.16. The van der Waals surface area contributed by atoms with E-state index in [0.29, 0.717) is 0 Å². The molecule has 0 aliphatic rings. The van der Waals surface area contributed by atoms with Crippen LogP contribution in [0.15, 0.2) is 35.4 Å². The average molecular weight is 333 g/mol. The van der Waals surface area contributed by atoms with Crippen molar-refractivity contribution in [3.8, 4) is 5.75 Å². The molecule has 0 aliphatic carbocycles. The number of aryl methyl sites for hydroxylation is 2. The number of nitro benzene ring substituents is 1. The van der Waals surface area contributed by atoms with Crippen LogP contribution in [0, 0.1) is 24.0 Å². The highest BCUT2D eigenvalue weighted by atomic mass is 32.1. The number of rotatable bonds is 6. The summed E-state index contributed by atoms with van der Waals surface area (Å²) in [6.45, 7) is 3.36. The van der Waals surface area contributed by atoms with Crippen molar-refractivity contribution in [2.45, 2.75) is 13.8 Å². The molecule has 0 atom stereocenters. The Morgan fingerprint density at radius 3 is 2.83 bits per heavy atom. The molecule has 0 aliphatic heterocycles. The van der Waals surface area contributed by atoms with Gasteiger partial charge in [-0.1, -0.05) is 6.07 Å². The van der Waals surface area contributed by atoms with Gasteiger partial charge in [0.2, 0.25) is 0 Å². The van der Waals surface area contributed by atoms with Gasteiger partial charge in [-0.05, 0) is 37.6 Å². The van der Waals surface area contributed by atoms with E-state index in [4.69, 9.17) is 4.74 Å². The second-order valence-electron chi connectivity index (χ2n) is 4.76. The number of hydrazone groups is 1. The molecule has 0 spiro atoms. The lowest BCUT2D eigenvalue weighted by atomic mass is 10.2. The van der Waals surface area contributed by atoms with Crippen molar-refractivity contribution in [3.05, 3.63) is 55.8 Å². The fraction of sp³-hybridized carbons (Fsp3) is 0.200. The molecule has 23 heavy (non-hydrogen) atoms. The molecule has 0 radical (unpaired) electrons. The standard InChI is InChI=1S/C15H15N3O4S/c1-10-3-6-14(13(7-10)18(20)21)22-9-15(19)17-16-8-12-5-4-11(2)23-12/h3-8H,9H2,1-2H3,(H,17,19)/b16-8+. The summed E-state index contributed by atoms with van der Waals surface area (Å²) < 4.78 is 5.20. The molecule has 1 aromatic heterocycles. The van der Waals surface area contributed by atoms with Crippen LogP contribution in [0.3, 0.4) is 0 Å². The second-order valence-corrected chi connectivity index (χ2v) is 6.08. The fourth-order valence-electron chi connectivity index (χ4n) is 1.76. The molecule has 0 saturated heterocycles. The zero-order chi connectivity index (χ0) is 16.8.